The number of nitrogens with zero attached hydrogens (tertiary/aromatic N) is 2. The van der Waals surface area contributed by atoms with Crippen LogP contribution in [0.3, 0.4) is 0 Å². The summed E-state index contributed by atoms with van der Waals surface area (Å²) in [5.74, 6) is 0.863. The number of aromatic nitrogens is 1. The van der Waals surface area contributed by atoms with Gasteiger partial charge in [0.2, 0.25) is 0 Å². The lowest BCUT2D eigenvalue weighted by Crippen LogP contribution is -2.33. The maximum Gasteiger partial charge on any atom is 0.417 e. The van der Waals surface area contributed by atoms with Gasteiger partial charge in [0.1, 0.15) is 5.82 Å². The van der Waals surface area contributed by atoms with Crippen LogP contribution in [-0.2, 0) is 6.18 Å². The SMILES string of the molecule is CC1CCN(c2cc(C(=O)Nc3ccc(Cl)c(C(F)(F)F)c3)ccn2)CC1. The van der Waals surface area contributed by atoms with E-state index in [4.69, 9.17) is 11.6 Å². The highest BCUT2D eigenvalue weighted by Crippen LogP contribution is 2.36. The van der Waals surface area contributed by atoms with Gasteiger partial charge >= 0.3 is 6.18 Å². The number of carbonyl (C=O) groups is 1. The van der Waals surface area contributed by atoms with E-state index < -0.39 is 22.7 Å². The van der Waals surface area contributed by atoms with Gasteiger partial charge in [0.05, 0.1) is 10.6 Å². The molecule has 0 radical (unpaired) electrons. The Morgan fingerprint density at radius 2 is 1.93 bits per heavy atom. The summed E-state index contributed by atoms with van der Waals surface area (Å²) in [4.78, 5) is 18.9. The van der Waals surface area contributed by atoms with Crippen LogP contribution in [0.5, 0.6) is 0 Å². The molecule has 0 saturated carbocycles. The smallest absolute Gasteiger partial charge is 0.357 e. The third-order valence-electron chi connectivity index (χ3n) is 4.64. The Morgan fingerprint density at radius 3 is 2.59 bits per heavy atom. The standard InChI is InChI=1S/C19H19ClF3N3O/c1-12-5-8-26(9-6-12)17-10-13(4-7-24-17)18(27)25-14-2-3-16(20)15(11-14)19(21,22)23/h2-4,7,10-12H,5-6,8-9H2,1H3,(H,25,27). The van der Waals surface area contributed by atoms with Crippen LogP contribution in [0.25, 0.3) is 0 Å². The Kier molecular flexibility index (Phi) is 5.60. The number of anilines is 2. The van der Waals surface area contributed by atoms with Crippen molar-refractivity contribution in [2.24, 2.45) is 5.92 Å². The second kappa shape index (κ2) is 7.76. The third-order valence-corrected chi connectivity index (χ3v) is 4.97. The number of hydrogen-bond acceptors (Lipinski definition) is 3. The number of halogens is 4. The molecule has 1 aliphatic heterocycles. The van der Waals surface area contributed by atoms with Crippen LogP contribution in [0.15, 0.2) is 36.5 Å². The van der Waals surface area contributed by atoms with E-state index in [0.29, 0.717) is 17.3 Å². The molecule has 1 aliphatic rings. The van der Waals surface area contributed by atoms with Crippen molar-refractivity contribution in [2.75, 3.05) is 23.3 Å². The van der Waals surface area contributed by atoms with Crippen LogP contribution < -0.4 is 10.2 Å². The van der Waals surface area contributed by atoms with Gasteiger partial charge in [0.15, 0.2) is 0 Å². The minimum atomic E-state index is -4.59. The second-order valence-electron chi connectivity index (χ2n) is 6.72. The number of amides is 1. The molecule has 0 unspecified atom stereocenters. The molecule has 3 rings (SSSR count). The fourth-order valence-corrected chi connectivity index (χ4v) is 3.22. The van der Waals surface area contributed by atoms with Gasteiger partial charge in [-0.3, -0.25) is 4.79 Å². The number of carbonyl (C=O) groups excluding carboxylic acids is 1. The molecule has 144 valence electrons. The zero-order chi connectivity index (χ0) is 19.6. The van der Waals surface area contributed by atoms with E-state index in [1.54, 1.807) is 6.07 Å². The number of rotatable bonds is 3. The maximum absolute atomic E-state index is 13.0. The lowest BCUT2D eigenvalue weighted by Gasteiger charge is -2.31. The summed E-state index contributed by atoms with van der Waals surface area (Å²) in [6, 6.07) is 6.47. The molecule has 0 atom stereocenters. The van der Waals surface area contributed by atoms with E-state index >= 15 is 0 Å². The van der Waals surface area contributed by atoms with Crippen molar-refractivity contribution in [3.05, 3.63) is 52.7 Å². The first kappa shape index (κ1) is 19.5. The molecule has 1 amide bonds. The summed E-state index contributed by atoms with van der Waals surface area (Å²) in [5.41, 5.74) is -0.621. The highest BCUT2D eigenvalue weighted by molar-refractivity contribution is 6.31. The first-order chi connectivity index (χ1) is 12.7. The first-order valence-corrected chi connectivity index (χ1v) is 9.01. The van der Waals surface area contributed by atoms with Crippen LogP contribution in [0.1, 0.15) is 35.7 Å². The summed E-state index contributed by atoms with van der Waals surface area (Å²) in [7, 11) is 0. The van der Waals surface area contributed by atoms with E-state index in [2.05, 4.69) is 22.1 Å². The molecule has 1 aromatic heterocycles. The molecule has 27 heavy (non-hydrogen) atoms. The topological polar surface area (TPSA) is 45.2 Å². The molecule has 0 spiro atoms. The predicted molar refractivity (Wildman–Crippen MR) is 99.3 cm³/mol. The molecule has 1 N–H and O–H groups in total. The van der Waals surface area contributed by atoms with Crippen molar-refractivity contribution in [1.82, 2.24) is 4.98 Å². The van der Waals surface area contributed by atoms with Crippen LogP contribution in [0.2, 0.25) is 5.02 Å². The predicted octanol–water partition coefficient (Wildman–Crippen LogP) is 5.24. The van der Waals surface area contributed by atoms with Gasteiger partial charge in [0.25, 0.3) is 5.91 Å². The minimum Gasteiger partial charge on any atom is -0.357 e. The van der Waals surface area contributed by atoms with Crippen molar-refractivity contribution in [3.8, 4) is 0 Å². The quantitative estimate of drug-likeness (QED) is 0.770. The van der Waals surface area contributed by atoms with Gasteiger partial charge in [-0.2, -0.15) is 13.2 Å². The summed E-state index contributed by atoms with van der Waals surface area (Å²) >= 11 is 5.60. The summed E-state index contributed by atoms with van der Waals surface area (Å²) in [6.07, 6.45) is -0.940. The van der Waals surface area contributed by atoms with Crippen molar-refractivity contribution in [3.63, 3.8) is 0 Å². The third kappa shape index (κ3) is 4.71. The normalized spacial score (nSPS) is 15.7. The fourth-order valence-electron chi connectivity index (χ4n) is 2.99. The molecule has 1 fully saturated rings. The minimum absolute atomic E-state index is 0.0295. The molecule has 0 aliphatic carbocycles. The van der Waals surface area contributed by atoms with E-state index in [-0.39, 0.29) is 5.69 Å². The maximum atomic E-state index is 13.0. The Hall–Kier alpha value is -2.28. The highest BCUT2D eigenvalue weighted by atomic mass is 35.5. The second-order valence-corrected chi connectivity index (χ2v) is 7.13. The first-order valence-electron chi connectivity index (χ1n) is 8.63. The molecule has 8 heteroatoms. The molecular formula is C19H19ClF3N3O. The highest BCUT2D eigenvalue weighted by Gasteiger charge is 2.33. The van der Waals surface area contributed by atoms with Gasteiger partial charge in [0, 0.05) is 30.5 Å². The zero-order valence-corrected chi connectivity index (χ0v) is 15.4. The molecule has 2 heterocycles. The summed E-state index contributed by atoms with van der Waals surface area (Å²) in [5, 5.41) is 2.08. The zero-order valence-electron chi connectivity index (χ0n) is 14.7. The number of alkyl halides is 3. The number of nitrogens with one attached hydrogen (secondary N) is 1. The average molecular weight is 398 g/mol. The molecule has 2 aromatic rings. The molecule has 1 aromatic carbocycles. The molecule has 0 bridgehead atoms. The molecule has 1 saturated heterocycles. The number of hydrogen-bond donors (Lipinski definition) is 1. The van der Waals surface area contributed by atoms with E-state index in [1.807, 2.05) is 0 Å². The van der Waals surface area contributed by atoms with Crippen LogP contribution in [0, 0.1) is 5.92 Å². The summed E-state index contributed by atoms with van der Waals surface area (Å²) in [6.45, 7) is 3.94. The van der Waals surface area contributed by atoms with E-state index in [0.717, 1.165) is 38.1 Å². The van der Waals surface area contributed by atoms with Crippen molar-refractivity contribution in [1.29, 1.82) is 0 Å². The monoisotopic (exact) mass is 397 g/mol. The number of piperidine rings is 1. The van der Waals surface area contributed by atoms with Crippen molar-refractivity contribution < 1.29 is 18.0 Å². The Morgan fingerprint density at radius 1 is 1.22 bits per heavy atom. The Balaban J connectivity index is 1.76. The lowest BCUT2D eigenvalue weighted by molar-refractivity contribution is -0.137. The lowest BCUT2D eigenvalue weighted by atomic mass is 9.99. The van der Waals surface area contributed by atoms with Crippen molar-refractivity contribution in [2.45, 2.75) is 25.9 Å². The van der Waals surface area contributed by atoms with Crippen LogP contribution in [0.4, 0.5) is 24.7 Å². The van der Waals surface area contributed by atoms with Crippen molar-refractivity contribution >= 4 is 29.0 Å². The largest absolute Gasteiger partial charge is 0.417 e. The van der Waals surface area contributed by atoms with Crippen LogP contribution >= 0.6 is 11.6 Å². The molecule has 4 nitrogen and oxygen atoms in total. The summed E-state index contributed by atoms with van der Waals surface area (Å²) < 4.78 is 38.9. The number of pyridine rings is 1. The van der Waals surface area contributed by atoms with Gasteiger partial charge in [-0.15, -0.1) is 0 Å². The van der Waals surface area contributed by atoms with Gasteiger partial charge in [-0.25, -0.2) is 4.98 Å². The average Bonchev–Trinajstić information content (AvgIpc) is 2.63. The van der Waals surface area contributed by atoms with E-state index in [9.17, 15) is 18.0 Å². The van der Waals surface area contributed by atoms with Gasteiger partial charge in [-0.05, 0) is 49.1 Å². The van der Waals surface area contributed by atoms with Gasteiger partial charge in [-0.1, -0.05) is 18.5 Å². The Bertz CT molecular complexity index is 833. The van der Waals surface area contributed by atoms with E-state index in [1.165, 1.54) is 18.3 Å². The Labute approximate surface area is 160 Å². The van der Waals surface area contributed by atoms with Gasteiger partial charge < -0.3 is 10.2 Å². The molecular weight excluding hydrogens is 379 g/mol. The van der Waals surface area contributed by atoms with Crippen LogP contribution in [-0.4, -0.2) is 24.0 Å². The number of benzene rings is 1. The fraction of sp³-hybridized carbons (Fsp3) is 0.368.